The Morgan fingerprint density at radius 2 is 2.19 bits per heavy atom. The Bertz CT molecular complexity index is 444. The predicted octanol–water partition coefficient (Wildman–Crippen LogP) is 0.304. The summed E-state index contributed by atoms with van der Waals surface area (Å²) in [6.07, 6.45) is 0.463. The Labute approximate surface area is 90.4 Å². The molecule has 7 heteroatoms. The number of carbonyl (C=O) groups is 2. The van der Waals surface area contributed by atoms with E-state index in [0.717, 1.165) is 12.1 Å². The second-order valence-corrected chi connectivity index (χ2v) is 2.94. The molecule has 0 aliphatic heterocycles. The number of nitro benzene ring substituents is 1. The molecule has 0 aliphatic carbocycles. The van der Waals surface area contributed by atoms with Gasteiger partial charge in [-0.3, -0.25) is 19.7 Å². The number of nitro groups is 1. The molecule has 0 heterocycles. The summed E-state index contributed by atoms with van der Waals surface area (Å²) >= 11 is 0. The normalized spacial score (nSPS) is 9.56. The molecule has 0 saturated carbocycles. The number of anilines is 1. The molecule has 0 bridgehead atoms. The second kappa shape index (κ2) is 4.99. The monoisotopic (exact) mass is 223 g/mol. The Balaban J connectivity index is 3.08. The first kappa shape index (κ1) is 11.8. The number of aldehydes is 1. The first-order chi connectivity index (χ1) is 7.56. The highest BCUT2D eigenvalue weighted by Gasteiger charge is 2.10. The van der Waals surface area contributed by atoms with Crippen LogP contribution in [0.15, 0.2) is 18.2 Å². The molecule has 3 N–H and O–H groups in total. The molecule has 1 amide bonds. The van der Waals surface area contributed by atoms with E-state index in [1.54, 1.807) is 0 Å². The van der Waals surface area contributed by atoms with E-state index in [1.165, 1.54) is 6.07 Å². The number of hydrogen-bond donors (Lipinski definition) is 2. The summed E-state index contributed by atoms with van der Waals surface area (Å²) in [4.78, 5) is 31.4. The number of non-ortho nitro benzene ring substituents is 1. The Hall–Kier alpha value is -2.28. The minimum absolute atomic E-state index is 0.113. The van der Waals surface area contributed by atoms with Gasteiger partial charge in [0.15, 0.2) is 0 Å². The number of nitrogens with two attached hydrogens (primary N) is 1. The fraction of sp³-hybridized carbons (Fsp3) is 0.111. The van der Waals surface area contributed by atoms with E-state index in [4.69, 9.17) is 5.73 Å². The van der Waals surface area contributed by atoms with Gasteiger partial charge in [0.1, 0.15) is 6.29 Å². The van der Waals surface area contributed by atoms with Crippen molar-refractivity contribution in [3.8, 4) is 0 Å². The van der Waals surface area contributed by atoms with Gasteiger partial charge < -0.3 is 11.1 Å². The molecule has 0 atom stereocenters. The van der Waals surface area contributed by atoms with Crippen LogP contribution in [0.2, 0.25) is 0 Å². The van der Waals surface area contributed by atoms with Crippen molar-refractivity contribution in [1.82, 2.24) is 0 Å². The molecular formula is C9H9N3O4. The summed E-state index contributed by atoms with van der Waals surface area (Å²) in [6.45, 7) is -0.237. The molecule has 1 aromatic rings. The minimum Gasteiger partial charge on any atom is -0.325 e. The topological polar surface area (TPSA) is 115 Å². The number of hydrogen-bond acceptors (Lipinski definition) is 5. The molecule has 0 aliphatic rings. The van der Waals surface area contributed by atoms with Gasteiger partial charge in [-0.15, -0.1) is 0 Å². The number of benzene rings is 1. The van der Waals surface area contributed by atoms with Crippen molar-refractivity contribution in [3.63, 3.8) is 0 Å². The lowest BCUT2D eigenvalue weighted by Crippen LogP contribution is -2.21. The van der Waals surface area contributed by atoms with Crippen LogP contribution in [0.3, 0.4) is 0 Å². The van der Waals surface area contributed by atoms with Crippen LogP contribution in [0.4, 0.5) is 11.4 Å². The van der Waals surface area contributed by atoms with Gasteiger partial charge in [0.25, 0.3) is 5.69 Å². The van der Waals surface area contributed by atoms with Gasteiger partial charge in [-0.05, 0) is 6.07 Å². The largest absolute Gasteiger partial charge is 0.325 e. The average molecular weight is 223 g/mol. The lowest BCUT2D eigenvalue weighted by atomic mass is 10.2. The zero-order chi connectivity index (χ0) is 12.1. The number of nitrogens with one attached hydrogen (secondary N) is 1. The highest BCUT2D eigenvalue weighted by atomic mass is 16.6. The van der Waals surface area contributed by atoms with Crippen molar-refractivity contribution in [2.24, 2.45) is 5.73 Å². The molecule has 0 aromatic heterocycles. The standard InChI is InChI=1S/C9H9N3O4/c10-4-9(14)11-7-1-6(5-13)2-8(3-7)12(15)16/h1-3,5H,4,10H2,(H,11,14). The fourth-order valence-corrected chi connectivity index (χ4v) is 1.09. The van der Waals surface area contributed by atoms with Crippen LogP contribution < -0.4 is 11.1 Å². The van der Waals surface area contributed by atoms with Crippen LogP contribution in [-0.2, 0) is 4.79 Å². The summed E-state index contributed by atoms with van der Waals surface area (Å²) < 4.78 is 0. The van der Waals surface area contributed by atoms with Crippen LogP contribution in [0, 0.1) is 10.1 Å². The fourth-order valence-electron chi connectivity index (χ4n) is 1.09. The van der Waals surface area contributed by atoms with Gasteiger partial charge >= 0.3 is 0 Å². The smallest absolute Gasteiger partial charge is 0.272 e. The van der Waals surface area contributed by atoms with Crippen molar-refractivity contribution >= 4 is 23.6 Å². The van der Waals surface area contributed by atoms with Crippen molar-refractivity contribution in [3.05, 3.63) is 33.9 Å². The highest BCUT2D eigenvalue weighted by molar-refractivity contribution is 5.93. The van der Waals surface area contributed by atoms with E-state index in [1.807, 2.05) is 0 Å². The third-order valence-corrected chi connectivity index (χ3v) is 1.76. The van der Waals surface area contributed by atoms with Crippen molar-refractivity contribution in [2.75, 3.05) is 11.9 Å². The van der Waals surface area contributed by atoms with Crippen molar-refractivity contribution in [1.29, 1.82) is 0 Å². The van der Waals surface area contributed by atoms with E-state index in [-0.39, 0.29) is 23.5 Å². The summed E-state index contributed by atoms with van der Waals surface area (Å²) in [5.74, 6) is -0.489. The van der Waals surface area contributed by atoms with Gasteiger partial charge in [-0.25, -0.2) is 0 Å². The molecule has 0 unspecified atom stereocenters. The van der Waals surface area contributed by atoms with E-state index >= 15 is 0 Å². The summed E-state index contributed by atoms with van der Waals surface area (Å²) in [6, 6.07) is 3.60. The first-order valence-electron chi connectivity index (χ1n) is 4.31. The number of rotatable bonds is 4. The van der Waals surface area contributed by atoms with Crippen LogP contribution in [0.1, 0.15) is 10.4 Å². The molecule has 1 aromatic carbocycles. The van der Waals surface area contributed by atoms with E-state index < -0.39 is 10.8 Å². The summed E-state index contributed by atoms with van der Waals surface area (Å²) in [5, 5.41) is 12.9. The summed E-state index contributed by atoms with van der Waals surface area (Å²) in [7, 11) is 0. The summed E-state index contributed by atoms with van der Waals surface area (Å²) in [5.41, 5.74) is 5.09. The van der Waals surface area contributed by atoms with Crippen LogP contribution >= 0.6 is 0 Å². The lowest BCUT2D eigenvalue weighted by molar-refractivity contribution is -0.384. The SMILES string of the molecule is NCC(=O)Nc1cc(C=O)cc([N+](=O)[O-])c1. The van der Waals surface area contributed by atoms with Gasteiger partial charge in [0.05, 0.1) is 11.5 Å². The van der Waals surface area contributed by atoms with Gasteiger partial charge in [-0.2, -0.15) is 0 Å². The molecule has 84 valence electrons. The zero-order valence-corrected chi connectivity index (χ0v) is 8.17. The molecule has 0 saturated heterocycles. The Morgan fingerprint density at radius 1 is 1.50 bits per heavy atom. The zero-order valence-electron chi connectivity index (χ0n) is 8.17. The predicted molar refractivity (Wildman–Crippen MR) is 56.2 cm³/mol. The minimum atomic E-state index is -0.648. The quantitative estimate of drug-likeness (QED) is 0.432. The Morgan fingerprint density at radius 3 is 2.69 bits per heavy atom. The van der Waals surface area contributed by atoms with Gasteiger partial charge in [0.2, 0.25) is 5.91 Å². The average Bonchev–Trinajstić information content (AvgIpc) is 2.28. The Kier molecular flexibility index (Phi) is 3.67. The molecule has 0 spiro atoms. The molecule has 1 rings (SSSR count). The van der Waals surface area contributed by atoms with Gasteiger partial charge in [0, 0.05) is 23.4 Å². The molecule has 16 heavy (non-hydrogen) atoms. The third-order valence-electron chi connectivity index (χ3n) is 1.76. The lowest BCUT2D eigenvalue weighted by Gasteiger charge is -2.03. The maximum absolute atomic E-state index is 11.0. The van der Waals surface area contributed by atoms with E-state index in [9.17, 15) is 19.7 Å². The van der Waals surface area contributed by atoms with E-state index in [0.29, 0.717) is 6.29 Å². The molecule has 0 fully saturated rings. The van der Waals surface area contributed by atoms with E-state index in [2.05, 4.69) is 5.32 Å². The first-order valence-corrected chi connectivity index (χ1v) is 4.31. The second-order valence-electron chi connectivity index (χ2n) is 2.94. The number of carbonyl (C=O) groups excluding carboxylic acids is 2. The van der Waals surface area contributed by atoms with Crippen LogP contribution in [-0.4, -0.2) is 23.7 Å². The number of nitrogens with zero attached hydrogens (tertiary/aromatic N) is 1. The maximum Gasteiger partial charge on any atom is 0.272 e. The number of amides is 1. The maximum atomic E-state index is 11.0. The highest BCUT2D eigenvalue weighted by Crippen LogP contribution is 2.19. The van der Waals surface area contributed by atoms with Gasteiger partial charge in [-0.1, -0.05) is 0 Å². The third kappa shape index (κ3) is 2.85. The van der Waals surface area contributed by atoms with Crippen LogP contribution in [0.5, 0.6) is 0 Å². The molecule has 0 radical (unpaired) electrons. The molecule has 7 nitrogen and oxygen atoms in total. The molecular weight excluding hydrogens is 214 g/mol. The van der Waals surface area contributed by atoms with Crippen LogP contribution in [0.25, 0.3) is 0 Å². The van der Waals surface area contributed by atoms with Crippen molar-refractivity contribution in [2.45, 2.75) is 0 Å². The van der Waals surface area contributed by atoms with Crippen molar-refractivity contribution < 1.29 is 14.5 Å².